The van der Waals surface area contributed by atoms with Crippen LogP contribution in [0.4, 0.5) is 5.82 Å². The Morgan fingerprint density at radius 1 is 1.62 bits per heavy atom. The van der Waals surface area contributed by atoms with Crippen molar-refractivity contribution in [2.45, 2.75) is 32.4 Å². The fourth-order valence-electron chi connectivity index (χ4n) is 1.47. The van der Waals surface area contributed by atoms with E-state index in [-0.39, 0.29) is 6.61 Å². The van der Waals surface area contributed by atoms with Gasteiger partial charge in [-0.25, -0.2) is 0 Å². The zero-order valence-electron chi connectivity index (χ0n) is 10.0. The fourth-order valence-corrected chi connectivity index (χ4v) is 1.47. The summed E-state index contributed by atoms with van der Waals surface area (Å²) in [6, 6.07) is 2.28. The van der Waals surface area contributed by atoms with Crippen molar-refractivity contribution >= 4 is 5.82 Å². The molecule has 0 amide bonds. The molecule has 0 aromatic carbocycles. The molecule has 1 rings (SSSR count). The number of rotatable bonds is 8. The zero-order chi connectivity index (χ0) is 11.8. The highest BCUT2D eigenvalue weighted by molar-refractivity contribution is 5.33. The van der Waals surface area contributed by atoms with Gasteiger partial charge in [-0.2, -0.15) is 5.10 Å². The Balaban J connectivity index is 2.33. The molecule has 2 N–H and O–H groups in total. The average Bonchev–Trinajstić information content (AvgIpc) is 2.71. The van der Waals surface area contributed by atoms with Crippen molar-refractivity contribution in [3.63, 3.8) is 0 Å². The molecule has 0 bridgehead atoms. The van der Waals surface area contributed by atoms with E-state index in [0.717, 1.165) is 25.2 Å². The van der Waals surface area contributed by atoms with E-state index in [2.05, 4.69) is 17.3 Å². The van der Waals surface area contributed by atoms with Gasteiger partial charge in [0.05, 0.1) is 13.2 Å². The SMILES string of the molecule is COCCn1ccc(NC(C)CCCO)n1. The molecule has 0 spiro atoms. The summed E-state index contributed by atoms with van der Waals surface area (Å²) >= 11 is 0. The van der Waals surface area contributed by atoms with Crippen molar-refractivity contribution in [1.29, 1.82) is 0 Å². The quantitative estimate of drug-likeness (QED) is 0.698. The number of aliphatic hydroxyl groups excluding tert-OH is 1. The molecule has 0 aliphatic rings. The third-order valence-electron chi connectivity index (χ3n) is 2.35. The molecule has 1 aromatic rings. The number of nitrogens with zero attached hydrogens (tertiary/aromatic N) is 2. The topological polar surface area (TPSA) is 59.3 Å². The van der Waals surface area contributed by atoms with Crippen LogP contribution in [-0.4, -0.2) is 41.3 Å². The highest BCUT2D eigenvalue weighted by Crippen LogP contribution is 2.07. The van der Waals surface area contributed by atoms with Crippen molar-refractivity contribution in [3.8, 4) is 0 Å². The molecule has 1 heterocycles. The van der Waals surface area contributed by atoms with E-state index in [1.165, 1.54) is 0 Å². The minimum atomic E-state index is 0.244. The van der Waals surface area contributed by atoms with Gasteiger partial charge < -0.3 is 15.2 Å². The molecule has 0 saturated heterocycles. The number of nitrogens with one attached hydrogen (secondary N) is 1. The van der Waals surface area contributed by atoms with Gasteiger partial charge in [0, 0.05) is 32.0 Å². The Bertz CT molecular complexity index is 289. The number of aromatic nitrogens is 2. The molecule has 5 heteroatoms. The zero-order valence-corrected chi connectivity index (χ0v) is 10.0. The van der Waals surface area contributed by atoms with Gasteiger partial charge in [0.15, 0.2) is 0 Å². The van der Waals surface area contributed by atoms with Gasteiger partial charge in [0.25, 0.3) is 0 Å². The summed E-state index contributed by atoms with van der Waals surface area (Å²) < 4.78 is 6.83. The summed E-state index contributed by atoms with van der Waals surface area (Å²) in [6.45, 7) is 3.77. The summed E-state index contributed by atoms with van der Waals surface area (Å²) in [6.07, 6.45) is 3.69. The van der Waals surface area contributed by atoms with Crippen LogP contribution in [-0.2, 0) is 11.3 Å². The van der Waals surface area contributed by atoms with E-state index in [1.807, 2.05) is 16.9 Å². The fraction of sp³-hybridized carbons (Fsp3) is 0.727. The Hall–Kier alpha value is -1.07. The summed E-state index contributed by atoms with van der Waals surface area (Å²) in [5.74, 6) is 0.876. The van der Waals surface area contributed by atoms with Crippen LogP contribution < -0.4 is 5.32 Å². The second kappa shape index (κ2) is 7.24. The lowest BCUT2D eigenvalue weighted by molar-refractivity contribution is 0.183. The predicted molar refractivity (Wildman–Crippen MR) is 63.5 cm³/mol. The number of anilines is 1. The maximum Gasteiger partial charge on any atom is 0.148 e. The third kappa shape index (κ3) is 4.63. The monoisotopic (exact) mass is 227 g/mol. The Kier molecular flexibility index (Phi) is 5.88. The van der Waals surface area contributed by atoms with E-state index in [0.29, 0.717) is 12.6 Å². The van der Waals surface area contributed by atoms with Gasteiger partial charge in [0.2, 0.25) is 0 Å². The van der Waals surface area contributed by atoms with E-state index in [9.17, 15) is 0 Å². The Morgan fingerprint density at radius 3 is 3.12 bits per heavy atom. The minimum absolute atomic E-state index is 0.244. The molecule has 1 atom stereocenters. The molecule has 0 aliphatic heterocycles. The average molecular weight is 227 g/mol. The lowest BCUT2D eigenvalue weighted by atomic mass is 10.2. The lowest BCUT2D eigenvalue weighted by Crippen LogP contribution is -2.16. The van der Waals surface area contributed by atoms with Gasteiger partial charge in [-0.05, 0) is 19.8 Å². The number of hydrogen-bond donors (Lipinski definition) is 2. The Labute approximate surface area is 96.4 Å². The summed E-state index contributed by atoms with van der Waals surface area (Å²) in [5.41, 5.74) is 0. The van der Waals surface area contributed by atoms with Crippen LogP contribution in [0.2, 0.25) is 0 Å². The molecule has 5 nitrogen and oxygen atoms in total. The van der Waals surface area contributed by atoms with E-state index in [1.54, 1.807) is 7.11 Å². The molecule has 1 unspecified atom stereocenters. The number of ether oxygens (including phenoxy) is 1. The van der Waals surface area contributed by atoms with Gasteiger partial charge in [-0.3, -0.25) is 4.68 Å². The molecule has 0 saturated carbocycles. The highest BCUT2D eigenvalue weighted by atomic mass is 16.5. The summed E-state index contributed by atoms with van der Waals surface area (Å²) in [5, 5.41) is 16.4. The normalized spacial score (nSPS) is 12.7. The van der Waals surface area contributed by atoms with Crippen molar-refractivity contribution in [2.75, 3.05) is 25.6 Å². The smallest absolute Gasteiger partial charge is 0.148 e. The Morgan fingerprint density at radius 2 is 2.44 bits per heavy atom. The summed E-state index contributed by atoms with van der Waals surface area (Å²) in [4.78, 5) is 0. The van der Waals surface area contributed by atoms with E-state index >= 15 is 0 Å². The largest absolute Gasteiger partial charge is 0.396 e. The first-order chi connectivity index (χ1) is 7.76. The highest BCUT2D eigenvalue weighted by Gasteiger charge is 2.03. The second-order valence-corrected chi connectivity index (χ2v) is 3.87. The van der Waals surface area contributed by atoms with Crippen molar-refractivity contribution in [1.82, 2.24) is 9.78 Å². The third-order valence-corrected chi connectivity index (χ3v) is 2.35. The molecule has 0 radical (unpaired) electrons. The molecular weight excluding hydrogens is 206 g/mol. The number of hydrogen-bond acceptors (Lipinski definition) is 4. The first kappa shape index (κ1) is 13.0. The van der Waals surface area contributed by atoms with Crippen LogP contribution >= 0.6 is 0 Å². The number of methoxy groups -OCH3 is 1. The van der Waals surface area contributed by atoms with Gasteiger partial charge in [-0.15, -0.1) is 0 Å². The van der Waals surface area contributed by atoms with Crippen molar-refractivity contribution in [2.24, 2.45) is 0 Å². The van der Waals surface area contributed by atoms with E-state index in [4.69, 9.17) is 9.84 Å². The minimum Gasteiger partial charge on any atom is -0.396 e. The lowest BCUT2D eigenvalue weighted by Gasteiger charge is -2.11. The van der Waals surface area contributed by atoms with Gasteiger partial charge in [-0.1, -0.05) is 0 Å². The van der Waals surface area contributed by atoms with Crippen LogP contribution in [0.25, 0.3) is 0 Å². The standard InChI is InChI=1S/C11H21N3O2/c1-10(4-3-8-15)12-11-5-6-14(13-11)7-9-16-2/h5-6,10,15H,3-4,7-9H2,1-2H3,(H,12,13). The molecule has 0 fully saturated rings. The maximum absolute atomic E-state index is 8.72. The van der Waals surface area contributed by atoms with Crippen LogP contribution in [0.15, 0.2) is 12.3 Å². The molecule has 92 valence electrons. The van der Waals surface area contributed by atoms with Crippen LogP contribution in [0.5, 0.6) is 0 Å². The second-order valence-electron chi connectivity index (χ2n) is 3.87. The van der Waals surface area contributed by atoms with Gasteiger partial charge >= 0.3 is 0 Å². The first-order valence-corrected chi connectivity index (χ1v) is 5.66. The van der Waals surface area contributed by atoms with Gasteiger partial charge in [0.1, 0.15) is 5.82 Å². The van der Waals surface area contributed by atoms with Crippen LogP contribution in [0.1, 0.15) is 19.8 Å². The first-order valence-electron chi connectivity index (χ1n) is 5.66. The summed E-state index contributed by atoms with van der Waals surface area (Å²) in [7, 11) is 1.68. The van der Waals surface area contributed by atoms with Crippen LogP contribution in [0, 0.1) is 0 Å². The van der Waals surface area contributed by atoms with E-state index < -0.39 is 0 Å². The number of aliphatic hydroxyl groups is 1. The molecule has 0 aliphatic carbocycles. The van der Waals surface area contributed by atoms with Crippen molar-refractivity contribution < 1.29 is 9.84 Å². The van der Waals surface area contributed by atoms with Crippen LogP contribution in [0.3, 0.4) is 0 Å². The molecule has 16 heavy (non-hydrogen) atoms. The van der Waals surface area contributed by atoms with Crippen molar-refractivity contribution in [3.05, 3.63) is 12.3 Å². The predicted octanol–water partition coefficient (Wildman–Crippen LogP) is 1.10. The maximum atomic E-state index is 8.72. The molecular formula is C11H21N3O2. The molecule has 1 aromatic heterocycles.